The van der Waals surface area contributed by atoms with Crippen molar-refractivity contribution in [2.75, 3.05) is 0 Å². The van der Waals surface area contributed by atoms with Gasteiger partial charge in [0, 0.05) is 16.7 Å². The highest BCUT2D eigenvalue weighted by molar-refractivity contribution is 6.12. The van der Waals surface area contributed by atoms with Gasteiger partial charge in [0.2, 0.25) is 0 Å². The predicted molar refractivity (Wildman–Crippen MR) is 117 cm³/mol. The molecular formula is C26F12N6. The van der Waals surface area contributed by atoms with Crippen molar-refractivity contribution in [3.63, 3.8) is 0 Å². The van der Waals surface area contributed by atoms with Gasteiger partial charge in [0.1, 0.15) is 29.8 Å². The first-order valence-electron chi connectivity index (χ1n) is 10.8. The Morgan fingerprint density at radius 1 is 0.386 bits per heavy atom. The fraction of sp³-hybridized carbons (Fsp3) is 0. The zero-order valence-electron chi connectivity index (χ0n) is 20.2. The molecule has 1 aliphatic carbocycles. The molecule has 0 spiro atoms. The molecule has 4 rings (SSSR count). The molecule has 1 aliphatic rings. The summed E-state index contributed by atoms with van der Waals surface area (Å²) in [6.07, 6.45) is 0. The summed E-state index contributed by atoms with van der Waals surface area (Å²) in [6.45, 7) is 0. The molecule has 218 valence electrons. The standard InChI is InChI=1S/C26F12N6/c27-15-8(4-42)16(28)18(30)12(17(15)29)5(1-39)9-10(6(2-40)13-19(31)23(35)43-24(36)20(13)32)11(9)7(3-41)14-21(33)25(37)44-26(38)22(14)34. The Balaban J connectivity index is 2.34. The molecule has 0 saturated heterocycles. The molecule has 1 fully saturated rings. The van der Waals surface area contributed by atoms with Crippen LogP contribution in [0.5, 0.6) is 0 Å². The number of pyridine rings is 2. The van der Waals surface area contributed by atoms with E-state index in [1.54, 1.807) is 0 Å². The molecule has 1 aromatic carbocycles. The van der Waals surface area contributed by atoms with E-state index >= 15 is 0 Å². The Labute approximate surface area is 234 Å². The van der Waals surface area contributed by atoms with E-state index in [9.17, 15) is 68.5 Å². The summed E-state index contributed by atoms with van der Waals surface area (Å²) in [5, 5.41) is 37.8. The van der Waals surface area contributed by atoms with Crippen LogP contribution in [0.25, 0.3) is 16.7 Å². The maximum atomic E-state index is 14.9. The molecule has 0 aliphatic heterocycles. The van der Waals surface area contributed by atoms with Gasteiger partial charge in [-0.2, -0.15) is 48.6 Å². The van der Waals surface area contributed by atoms with Crippen LogP contribution in [0.2, 0.25) is 0 Å². The fourth-order valence-corrected chi connectivity index (χ4v) is 4.01. The molecule has 2 heterocycles. The van der Waals surface area contributed by atoms with E-state index in [1.165, 1.54) is 0 Å². The molecule has 0 amide bonds. The molecule has 6 nitrogen and oxygen atoms in total. The molecule has 2 aromatic heterocycles. The Morgan fingerprint density at radius 3 is 0.864 bits per heavy atom. The van der Waals surface area contributed by atoms with E-state index in [2.05, 4.69) is 9.97 Å². The quantitative estimate of drug-likeness (QED) is 0.147. The van der Waals surface area contributed by atoms with Crippen molar-refractivity contribution in [2.45, 2.75) is 0 Å². The average Bonchev–Trinajstić information content (AvgIpc) is 3.70. The van der Waals surface area contributed by atoms with E-state index in [4.69, 9.17) is 5.26 Å². The third-order valence-electron chi connectivity index (χ3n) is 5.89. The zero-order valence-corrected chi connectivity index (χ0v) is 20.2. The second kappa shape index (κ2) is 10.9. The zero-order chi connectivity index (χ0) is 32.9. The van der Waals surface area contributed by atoms with Gasteiger partial charge in [0.05, 0.1) is 33.4 Å². The molecule has 18 heteroatoms. The van der Waals surface area contributed by atoms with Gasteiger partial charge in [0.25, 0.3) is 23.8 Å². The minimum absolute atomic E-state index is 0.781. The van der Waals surface area contributed by atoms with Gasteiger partial charge in [0.15, 0.2) is 46.5 Å². The van der Waals surface area contributed by atoms with Crippen LogP contribution in [0.1, 0.15) is 22.3 Å². The number of rotatable bonds is 3. The average molecular weight is 624 g/mol. The van der Waals surface area contributed by atoms with Gasteiger partial charge in [-0.05, 0) is 0 Å². The number of hydrogen-bond donors (Lipinski definition) is 0. The summed E-state index contributed by atoms with van der Waals surface area (Å²) in [5.41, 5.74) is -16.9. The lowest BCUT2D eigenvalue weighted by atomic mass is 9.99. The lowest BCUT2D eigenvalue weighted by molar-refractivity contribution is 0.404. The smallest absolute Gasteiger partial charge is 0.203 e. The summed E-state index contributed by atoms with van der Waals surface area (Å²) in [6, 6.07) is 3.73. The molecular weight excluding hydrogens is 624 g/mol. The molecule has 0 atom stereocenters. The fourth-order valence-electron chi connectivity index (χ4n) is 4.01. The van der Waals surface area contributed by atoms with Gasteiger partial charge in [-0.1, -0.05) is 0 Å². The van der Waals surface area contributed by atoms with Crippen LogP contribution in [0.15, 0.2) is 16.7 Å². The van der Waals surface area contributed by atoms with Crippen LogP contribution in [0, 0.1) is 116 Å². The van der Waals surface area contributed by atoms with E-state index < -0.39 is 126 Å². The van der Waals surface area contributed by atoms with Crippen molar-refractivity contribution in [1.29, 1.82) is 21.0 Å². The number of halogens is 12. The van der Waals surface area contributed by atoms with E-state index in [-0.39, 0.29) is 0 Å². The number of allylic oxidation sites excluding steroid dienone is 6. The Hall–Kier alpha value is -6.14. The van der Waals surface area contributed by atoms with Crippen LogP contribution >= 0.6 is 0 Å². The third kappa shape index (κ3) is 4.37. The number of hydrogen-bond acceptors (Lipinski definition) is 6. The Bertz CT molecular complexity index is 1960. The first-order chi connectivity index (χ1) is 20.7. The Kier molecular flexibility index (Phi) is 7.65. The molecule has 1 saturated carbocycles. The molecule has 0 radical (unpaired) electrons. The van der Waals surface area contributed by atoms with Crippen molar-refractivity contribution < 1.29 is 52.7 Å². The summed E-state index contributed by atoms with van der Waals surface area (Å²) in [5.74, 6) is -29.1. The van der Waals surface area contributed by atoms with Crippen LogP contribution < -0.4 is 0 Å². The summed E-state index contributed by atoms with van der Waals surface area (Å²) in [7, 11) is 0. The maximum absolute atomic E-state index is 14.9. The molecule has 0 unspecified atom stereocenters. The highest BCUT2D eigenvalue weighted by Gasteiger charge is 2.46. The van der Waals surface area contributed by atoms with Crippen molar-refractivity contribution >= 4 is 16.7 Å². The van der Waals surface area contributed by atoms with Crippen LogP contribution in [0.4, 0.5) is 52.7 Å². The Morgan fingerprint density at radius 2 is 0.636 bits per heavy atom. The second-order valence-corrected chi connectivity index (χ2v) is 8.10. The third-order valence-corrected chi connectivity index (χ3v) is 5.89. The highest BCUT2D eigenvalue weighted by Crippen LogP contribution is 2.57. The molecule has 44 heavy (non-hydrogen) atoms. The lowest BCUT2D eigenvalue weighted by Gasteiger charge is -2.07. The number of aromatic nitrogens is 2. The van der Waals surface area contributed by atoms with Crippen LogP contribution in [-0.4, -0.2) is 9.97 Å². The normalized spacial score (nSPS) is 14.3. The molecule has 0 bridgehead atoms. The summed E-state index contributed by atoms with van der Waals surface area (Å²) in [4.78, 5) is 4.45. The van der Waals surface area contributed by atoms with Gasteiger partial charge in [-0.25, -0.2) is 35.1 Å². The predicted octanol–water partition coefficient (Wildman–Crippen LogP) is 6.26. The molecule has 3 aromatic rings. The highest BCUT2D eigenvalue weighted by atomic mass is 19.2. The van der Waals surface area contributed by atoms with Gasteiger partial charge < -0.3 is 0 Å². The number of nitriles is 4. The number of nitrogens with zero attached hydrogens (tertiary/aromatic N) is 6. The largest absolute Gasteiger partial charge is 0.252 e. The number of benzene rings is 1. The van der Waals surface area contributed by atoms with Crippen molar-refractivity contribution in [3.8, 4) is 24.3 Å². The summed E-state index contributed by atoms with van der Waals surface area (Å²) >= 11 is 0. The van der Waals surface area contributed by atoms with E-state index in [0.29, 0.717) is 0 Å². The van der Waals surface area contributed by atoms with Gasteiger partial charge >= 0.3 is 0 Å². The second-order valence-electron chi connectivity index (χ2n) is 8.10. The van der Waals surface area contributed by atoms with Crippen molar-refractivity contribution in [1.82, 2.24) is 9.97 Å². The maximum Gasteiger partial charge on any atom is 0.252 e. The van der Waals surface area contributed by atoms with Crippen molar-refractivity contribution in [3.05, 3.63) is 109 Å². The van der Waals surface area contributed by atoms with E-state index in [0.717, 1.165) is 24.3 Å². The first kappa shape index (κ1) is 30.8. The topological polar surface area (TPSA) is 121 Å². The SMILES string of the molecule is N#CC(=C1C(=C(C#N)c2c(F)c(F)nc(F)c2F)C1=C(C#N)c1c(F)c(F)c(C#N)c(F)c1F)c1c(F)c(F)nc(F)c1F. The summed E-state index contributed by atoms with van der Waals surface area (Å²) < 4.78 is 173. The lowest BCUT2D eigenvalue weighted by Crippen LogP contribution is -2.06. The minimum atomic E-state index is -2.48. The van der Waals surface area contributed by atoms with Crippen LogP contribution in [-0.2, 0) is 0 Å². The molecule has 0 N–H and O–H groups in total. The monoisotopic (exact) mass is 624 g/mol. The van der Waals surface area contributed by atoms with Gasteiger partial charge in [-0.15, -0.1) is 0 Å². The van der Waals surface area contributed by atoms with Gasteiger partial charge in [-0.3, -0.25) is 0 Å². The van der Waals surface area contributed by atoms with E-state index in [1.807, 2.05) is 0 Å². The minimum Gasteiger partial charge on any atom is -0.203 e. The van der Waals surface area contributed by atoms with Crippen molar-refractivity contribution in [2.24, 2.45) is 0 Å². The van der Waals surface area contributed by atoms with Crippen LogP contribution in [0.3, 0.4) is 0 Å². The first-order valence-corrected chi connectivity index (χ1v) is 10.8.